The summed E-state index contributed by atoms with van der Waals surface area (Å²) in [4.78, 5) is 26.6. The van der Waals surface area contributed by atoms with E-state index in [-0.39, 0.29) is 17.1 Å². The molecule has 8 heteroatoms. The fourth-order valence-corrected chi connectivity index (χ4v) is 4.29. The van der Waals surface area contributed by atoms with E-state index in [1.807, 2.05) is 0 Å². The number of carbonyl (C=O) groups is 2. The van der Waals surface area contributed by atoms with E-state index >= 15 is 0 Å². The van der Waals surface area contributed by atoms with Crippen LogP contribution in [0.1, 0.15) is 15.9 Å². The molecule has 172 valence electrons. The molecule has 0 aliphatic heterocycles. The van der Waals surface area contributed by atoms with Gasteiger partial charge in [0.1, 0.15) is 11.7 Å². The molecule has 0 radical (unpaired) electrons. The van der Waals surface area contributed by atoms with E-state index in [0.717, 1.165) is 4.31 Å². The Kier molecular flexibility index (Phi) is 7.63. The molecular formula is C25H26N2O5S. The molecule has 0 heterocycles. The maximum absolute atomic E-state index is 13.3. The molecule has 0 saturated heterocycles. The van der Waals surface area contributed by atoms with Crippen molar-refractivity contribution in [3.05, 3.63) is 90.0 Å². The Hall–Kier alpha value is -3.49. The van der Waals surface area contributed by atoms with Gasteiger partial charge in [-0.1, -0.05) is 48.5 Å². The van der Waals surface area contributed by atoms with Crippen LogP contribution in [0.15, 0.2) is 83.8 Å². The fraction of sp³-hybridized carbons (Fsp3) is 0.200. The molecule has 0 fully saturated rings. The van der Waals surface area contributed by atoms with E-state index in [4.69, 9.17) is 4.74 Å². The van der Waals surface area contributed by atoms with Crippen LogP contribution in [0.5, 0.6) is 5.75 Å². The van der Waals surface area contributed by atoms with Crippen LogP contribution in [-0.4, -0.2) is 45.6 Å². The number of nitrogens with one attached hydrogen (secondary N) is 1. The Morgan fingerprint density at radius 1 is 0.939 bits per heavy atom. The van der Waals surface area contributed by atoms with Crippen LogP contribution in [0.3, 0.4) is 0 Å². The standard InChI is InChI=1S/C25H26N2O5S/c1-27(2)33(30,31)22-14-7-9-18(15-22)16-23(24(28)19-10-5-4-6-11-19)25(29)26-20-12-8-13-21(17-20)32-3/h4-15,17,23H,16H2,1-3H3,(H,26,29). The highest BCUT2D eigenvalue weighted by Gasteiger charge is 2.29. The number of amides is 1. The molecule has 1 atom stereocenters. The van der Waals surface area contributed by atoms with Crippen molar-refractivity contribution in [3.8, 4) is 5.75 Å². The average molecular weight is 467 g/mol. The van der Waals surface area contributed by atoms with Crippen molar-refractivity contribution in [1.29, 1.82) is 0 Å². The first-order chi connectivity index (χ1) is 15.7. The van der Waals surface area contributed by atoms with E-state index in [0.29, 0.717) is 22.6 Å². The molecule has 1 amide bonds. The first-order valence-electron chi connectivity index (χ1n) is 10.3. The normalized spacial score (nSPS) is 12.2. The number of rotatable bonds is 9. The van der Waals surface area contributed by atoms with Gasteiger partial charge in [-0.25, -0.2) is 12.7 Å². The number of sulfonamides is 1. The lowest BCUT2D eigenvalue weighted by molar-refractivity contribution is -0.118. The number of carbonyl (C=O) groups excluding carboxylic acids is 2. The SMILES string of the molecule is COc1cccc(NC(=O)C(Cc2cccc(S(=O)(=O)N(C)C)c2)C(=O)c2ccccc2)c1. The molecule has 0 aliphatic carbocycles. The van der Waals surface area contributed by atoms with Crippen LogP contribution in [0.2, 0.25) is 0 Å². The number of ether oxygens (including phenoxy) is 1. The van der Waals surface area contributed by atoms with E-state index < -0.39 is 21.8 Å². The number of ketones is 1. The van der Waals surface area contributed by atoms with Crippen LogP contribution >= 0.6 is 0 Å². The topological polar surface area (TPSA) is 92.8 Å². The molecule has 33 heavy (non-hydrogen) atoms. The maximum atomic E-state index is 13.3. The van der Waals surface area contributed by atoms with Crippen LogP contribution in [0.4, 0.5) is 5.69 Å². The number of methoxy groups -OCH3 is 1. The number of Topliss-reactive ketones (excluding diaryl/α,β-unsaturated/α-hetero) is 1. The van der Waals surface area contributed by atoms with Crippen molar-refractivity contribution >= 4 is 27.4 Å². The molecular weight excluding hydrogens is 440 g/mol. The van der Waals surface area contributed by atoms with Gasteiger partial charge in [0.05, 0.1) is 12.0 Å². The van der Waals surface area contributed by atoms with Crippen molar-refractivity contribution in [3.63, 3.8) is 0 Å². The summed E-state index contributed by atoms with van der Waals surface area (Å²) in [7, 11) is 0.775. The summed E-state index contributed by atoms with van der Waals surface area (Å²) in [5.41, 5.74) is 1.46. The average Bonchev–Trinajstić information content (AvgIpc) is 2.82. The lowest BCUT2D eigenvalue weighted by Crippen LogP contribution is -2.31. The first-order valence-corrected chi connectivity index (χ1v) is 11.7. The lowest BCUT2D eigenvalue weighted by Gasteiger charge is -2.18. The van der Waals surface area contributed by atoms with E-state index in [1.165, 1.54) is 33.3 Å². The van der Waals surface area contributed by atoms with E-state index in [1.54, 1.807) is 66.7 Å². The van der Waals surface area contributed by atoms with Gasteiger partial charge in [-0.15, -0.1) is 0 Å². The summed E-state index contributed by atoms with van der Waals surface area (Å²) in [6, 6.07) is 21.7. The van der Waals surface area contributed by atoms with Gasteiger partial charge in [0.25, 0.3) is 0 Å². The number of nitrogens with zero attached hydrogens (tertiary/aromatic N) is 1. The molecule has 1 unspecified atom stereocenters. The zero-order chi connectivity index (χ0) is 24.0. The minimum Gasteiger partial charge on any atom is -0.497 e. The number of anilines is 1. The molecule has 1 N–H and O–H groups in total. The van der Waals surface area contributed by atoms with Gasteiger partial charge in [-0.05, 0) is 36.2 Å². The highest BCUT2D eigenvalue weighted by atomic mass is 32.2. The monoisotopic (exact) mass is 466 g/mol. The lowest BCUT2D eigenvalue weighted by atomic mass is 9.90. The maximum Gasteiger partial charge on any atom is 0.242 e. The molecule has 0 spiro atoms. The Labute approximate surface area is 194 Å². The zero-order valence-electron chi connectivity index (χ0n) is 18.7. The fourth-order valence-electron chi connectivity index (χ4n) is 3.32. The number of benzene rings is 3. The van der Waals surface area contributed by atoms with Gasteiger partial charge in [-0.2, -0.15) is 0 Å². The largest absolute Gasteiger partial charge is 0.497 e. The highest BCUT2D eigenvalue weighted by Crippen LogP contribution is 2.22. The summed E-state index contributed by atoms with van der Waals surface area (Å²) in [6.07, 6.45) is 0.0420. The van der Waals surface area contributed by atoms with Crippen LogP contribution in [0, 0.1) is 5.92 Å². The molecule has 0 saturated carbocycles. The van der Waals surface area contributed by atoms with Crippen molar-refractivity contribution in [2.45, 2.75) is 11.3 Å². The molecule has 7 nitrogen and oxygen atoms in total. The molecule has 0 aromatic heterocycles. The Morgan fingerprint density at radius 2 is 1.64 bits per heavy atom. The third-order valence-corrected chi connectivity index (χ3v) is 6.96. The molecule has 3 aromatic rings. The van der Waals surface area contributed by atoms with Crippen molar-refractivity contribution in [1.82, 2.24) is 4.31 Å². The second-order valence-electron chi connectivity index (χ2n) is 7.64. The first kappa shape index (κ1) is 24.2. The second kappa shape index (κ2) is 10.4. The summed E-state index contributed by atoms with van der Waals surface area (Å²) >= 11 is 0. The predicted octanol–water partition coefficient (Wildman–Crippen LogP) is 3.63. The Bertz CT molecular complexity index is 1240. The van der Waals surface area contributed by atoms with Gasteiger partial charge >= 0.3 is 0 Å². The summed E-state index contributed by atoms with van der Waals surface area (Å²) in [5, 5.41) is 2.78. The quantitative estimate of drug-likeness (QED) is 0.384. The Balaban J connectivity index is 1.94. The van der Waals surface area contributed by atoms with Gasteiger partial charge in [0.2, 0.25) is 15.9 Å². The Morgan fingerprint density at radius 3 is 2.30 bits per heavy atom. The third-order valence-electron chi connectivity index (χ3n) is 5.15. The second-order valence-corrected chi connectivity index (χ2v) is 9.79. The molecule has 0 aliphatic rings. The highest BCUT2D eigenvalue weighted by molar-refractivity contribution is 7.89. The summed E-state index contributed by atoms with van der Waals surface area (Å²) < 4.78 is 31.4. The summed E-state index contributed by atoms with van der Waals surface area (Å²) in [5.74, 6) is -1.33. The van der Waals surface area contributed by atoms with Crippen molar-refractivity contribution < 1.29 is 22.7 Å². The van der Waals surface area contributed by atoms with Gasteiger partial charge in [-0.3, -0.25) is 9.59 Å². The molecule has 0 bridgehead atoms. The van der Waals surface area contributed by atoms with Crippen LogP contribution in [-0.2, 0) is 21.2 Å². The zero-order valence-corrected chi connectivity index (χ0v) is 19.5. The van der Waals surface area contributed by atoms with Gasteiger partial charge in [0.15, 0.2) is 5.78 Å². The predicted molar refractivity (Wildman–Crippen MR) is 127 cm³/mol. The molecule has 3 rings (SSSR count). The van der Waals surface area contributed by atoms with E-state index in [9.17, 15) is 18.0 Å². The smallest absolute Gasteiger partial charge is 0.242 e. The minimum absolute atomic E-state index is 0.0420. The summed E-state index contributed by atoms with van der Waals surface area (Å²) in [6.45, 7) is 0. The van der Waals surface area contributed by atoms with Crippen molar-refractivity contribution in [2.75, 3.05) is 26.5 Å². The van der Waals surface area contributed by atoms with Gasteiger partial charge in [0, 0.05) is 31.4 Å². The molecule has 3 aromatic carbocycles. The third kappa shape index (κ3) is 5.85. The van der Waals surface area contributed by atoms with Crippen LogP contribution < -0.4 is 10.1 Å². The number of hydrogen-bond acceptors (Lipinski definition) is 5. The number of hydrogen-bond donors (Lipinski definition) is 1. The van der Waals surface area contributed by atoms with E-state index in [2.05, 4.69) is 5.32 Å². The van der Waals surface area contributed by atoms with Crippen molar-refractivity contribution in [2.24, 2.45) is 5.92 Å². The minimum atomic E-state index is -3.65. The van der Waals surface area contributed by atoms with Gasteiger partial charge < -0.3 is 10.1 Å². The van der Waals surface area contributed by atoms with Crippen LogP contribution in [0.25, 0.3) is 0 Å².